The van der Waals surface area contributed by atoms with Gasteiger partial charge in [0.25, 0.3) is 0 Å². The van der Waals surface area contributed by atoms with Crippen molar-refractivity contribution in [1.29, 1.82) is 0 Å². The number of fused-ring (bicyclic) bond motifs is 1. The van der Waals surface area contributed by atoms with Crippen LogP contribution in [-0.2, 0) is 4.79 Å². The highest BCUT2D eigenvalue weighted by Gasteiger charge is 2.35. The Morgan fingerprint density at radius 1 is 1.18 bits per heavy atom. The first-order valence-electron chi connectivity index (χ1n) is 8.61. The molecule has 2 aromatic heterocycles. The van der Waals surface area contributed by atoms with Gasteiger partial charge in [-0.1, -0.05) is 23.7 Å². The molecule has 1 saturated heterocycles. The number of nitrogens with one attached hydrogen (secondary N) is 2. The summed E-state index contributed by atoms with van der Waals surface area (Å²) in [4.78, 5) is 21.7. The summed E-state index contributed by atoms with van der Waals surface area (Å²) in [6.07, 6.45) is 1.62. The van der Waals surface area contributed by atoms with Crippen LogP contribution in [-0.4, -0.2) is 22.5 Å². The Hall–Kier alpha value is -2.90. The number of halogens is 2. The van der Waals surface area contributed by atoms with Gasteiger partial charge in [0.2, 0.25) is 5.91 Å². The summed E-state index contributed by atoms with van der Waals surface area (Å²) in [5.41, 5.74) is 4.42. The average molecular weight is 413 g/mol. The zero-order valence-corrected chi connectivity index (χ0v) is 16.0. The summed E-state index contributed by atoms with van der Waals surface area (Å²) in [6, 6.07) is 11.7. The molecule has 0 spiro atoms. The lowest BCUT2D eigenvalue weighted by molar-refractivity contribution is -0.120. The van der Waals surface area contributed by atoms with Crippen molar-refractivity contribution >= 4 is 45.6 Å². The third kappa shape index (κ3) is 2.83. The van der Waals surface area contributed by atoms with Crippen LogP contribution in [0.15, 0.2) is 54.2 Å². The van der Waals surface area contributed by atoms with Crippen molar-refractivity contribution in [2.75, 3.05) is 11.6 Å². The van der Waals surface area contributed by atoms with Crippen molar-refractivity contribution in [2.45, 2.75) is 6.04 Å². The summed E-state index contributed by atoms with van der Waals surface area (Å²) in [7, 11) is 0. The maximum atomic E-state index is 15.0. The number of aromatic nitrogens is 2. The molecular weight excluding hydrogens is 399 g/mol. The molecule has 4 aromatic rings. The van der Waals surface area contributed by atoms with Crippen LogP contribution in [0.4, 0.5) is 10.1 Å². The largest absolute Gasteiger partial charge is 0.345 e. The van der Waals surface area contributed by atoms with Crippen LogP contribution in [0, 0.1) is 5.82 Å². The second kappa shape index (κ2) is 6.61. The second-order valence-corrected chi connectivity index (χ2v) is 8.09. The fourth-order valence-electron chi connectivity index (χ4n) is 3.53. The molecule has 0 bridgehead atoms. The Morgan fingerprint density at radius 2 is 2.07 bits per heavy atom. The summed E-state index contributed by atoms with van der Waals surface area (Å²) in [5.74, 6) is -0.653. The van der Waals surface area contributed by atoms with Crippen molar-refractivity contribution in [2.24, 2.45) is 0 Å². The van der Waals surface area contributed by atoms with E-state index in [0.717, 1.165) is 27.8 Å². The van der Waals surface area contributed by atoms with Gasteiger partial charge in [-0.15, -0.1) is 11.3 Å². The predicted molar refractivity (Wildman–Crippen MR) is 109 cm³/mol. The van der Waals surface area contributed by atoms with E-state index in [0.29, 0.717) is 16.6 Å². The molecule has 1 aliphatic rings. The van der Waals surface area contributed by atoms with E-state index in [1.807, 2.05) is 34.5 Å². The predicted octanol–water partition coefficient (Wildman–Crippen LogP) is 4.72. The molecular formula is C20H14ClFN4OS. The van der Waals surface area contributed by atoms with Gasteiger partial charge >= 0.3 is 0 Å². The molecule has 2 N–H and O–H groups in total. The summed E-state index contributed by atoms with van der Waals surface area (Å²) in [5, 5.41) is 4.69. The minimum Gasteiger partial charge on any atom is -0.345 e. The van der Waals surface area contributed by atoms with Gasteiger partial charge in [0.05, 0.1) is 28.4 Å². The Bertz CT molecular complexity index is 1200. The van der Waals surface area contributed by atoms with Crippen molar-refractivity contribution in [3.63, 3.8) is 0 Å². The third-order valence-corrected chi connectivity index (χ3v) is 6.01. The average Bonchev–Trinajstić information content (AvgIpc) is 3.41. The van der Waals surface area contributed by atoms with Crippen molar-refractivity contribution in [3.8, 4) is 11.1 Å². The number of thiophene rings is 1. The quantitative estimate of drug-likeness (QED) is 0.512. The molecule has 1 amide bonds. The van der Waals surface area contributed by atoms with E-state index in [2.05, 4.69) is 15.3 Å². The van der Waals surface area contributed by atoms with E-state index in [1.54, 1.807) is 18.5 Å². The highest BCUT2D eigenvalue weighted by molar-refractivity contribution is 7.14. The molecule has 1 unspecified atom stereocenters. The number of hydrogen-bond acceptors (Lipinski definition) is 4. The van der Waals surface area contributed by atoms with E-state index in [1.165, 1.54) is 17.4 Å². The number of benzene rings is 2. The zero-order chi connectivity index (χ0) is 19.3. The molecule has 2 aromatic carbocycles. The van der Waals surface area contributed by atoms with E-state index in [4.69, 9.17) is 11.6 Å². The van der Waals surface area contributed by atoms with Crippen molar-refractivity contribution < 1.29 is 9.18 Å². The first-order chi connectivity index (χ1) is 13.6. The first-order valence-corrected chi connectivity index (χ1v) is 9.87. The summed E-state index contributed by atoms with van der Waals surface area (Å²) < 4.78 is 15.7. The van der Waals surface area contributed by atoms with Gasteiger partial charge in [-0.25, -0.2) is 9.37 Å². The van der Waals surface area contributed by atoms with E-state index >= 15 is 4.39 Å². The minimum absolute atomic E-state index is 0.229. The van der Waals surface area contributed by atoms with Crippen molar-refractivity contribution in [3.05, 3.63) is 69.9 Å². The van der Waals surface area contributed by atoms with E-state index in [-0.39, 0.29) is 5.91 Å². The number of rotatable bonds is 3. The van der Waals surface area contributed by atoms with Crippen LogP contribution < -0.4 is 10.2 Å². The summed E-state index contributed by atoms with van der Waals surface area (Å²) >= 11 is 7.38. The lowest BCUT2D eigenvalue weighted by atomic mass is 10.0. The number of carbonyl (C=O) groups excluding carboxylic acids is 1. The fourth-order valence-corrected chi connectivity index (χ4v) is 4.42. The lowest BCUT2D eigenvalue weighted by Gasteiger charge is -2.24. The SMILES string of the molecule is O=C1NCN(c2ccc3[nH]cnc3c2)C1c1ccc(-c2csc(Cl)c2)cc1F. The molecule has 3 heterocycles. The molecule has 1 aliphatic heterocycles. The topological polar surface area (TPSA) is 61.0 Å². The maximum absolute atomic E-state index is 15.0. The fraction of sp³-hybridized carbons (Fsp3) is 0.100. The van der Waals surface area contributed by atoms with Gasteiger partial charge < -0.3 is 15.2 Å². The van der Waals surface area contributed by atoms with Crippen LogP contribution in [0.25, 0.3) is 22.2 Å². The number of imidazole rings is 1. The number of amides is 1. The van der Waals surface area contributed by atoms with Gasteiger partial charge in [-0.05, 0) is 41.5 Å². The minimum atomic E-state index is -0.739. The Kier molecular flexibility index (Phi) is 4.07. The monoisotopic (exact) mass is 412 g/mol. The highest BCUT2D eigenvalue weighted by Crippen LogP contribution is 2.35. The van der Waals surface area contributed by atoms with Crippen LogP contribution in [0.1, 0.15) is 11.6 Å². The molecule has 1 atom stereocenters. The molecule has 1 fully saturated rings. The molecule has 140 valence electrons. The molecule has 0 radical (unpaired) electrons. The number of hydrogen-bond donors (Lipinski definition) is 2. The second-order valence-electron chi connectivity index (χ2n) is 6.55. The molecule has 5 nitrogen and oxygen atoms in total. The maximum Gasteiger partial charge on any atom is 0.248 e. The van der Waals surface area contributed by atoms with E-state index < -0.39 is 11.9 Å². The molecule has 8 heteroatoms. The molecule has 28 heavy (non-hydrogen) atoms. The zero-order valence-electron chi connectivity index (χ0n) is 14.4. The van der Waals surface area contributed by atoms with Crippen LogP contribution >= 0.6 is 22.9 Å². The van der Waals surface area contributed by atoms with E-state index in [9.17, 15) is 4.79 Å². The Labute approximate surface area is 168 Å². The lowest BCUT2D eigenvalue weighted by Crippen LogP contribution is -2.26. The van der Waals surface area contributed by atoms with Crippen LogP contribution in [0.2, 0.25) is 4.34 Å². The third-order valence-electron chi connectivity index (χ3n) is 4.92. The van der Waals surface area contributed by atoms with Gasteiger partial charge in [-0.2, -0.15) is 0 Å². The summed E-state index contributed by atoms with van der Waals surface area (Å²) in [6.45, 7) is 0.306. The van der Waals surface area contributed by atoms with Gasteiger partial charge in [-0.3, -0.25) is 4.79 Å². The van der Waals surface area contributed by atoms with Gasteiger partial charge in [0.15, 0.2) is 0 Å². The highest BCUT2D eigenvalue weighted by atomic mass is 35.5. The number of carbonyl (C=O) groups is 1. The van der Waals surface area contributed by atoms with Crippen molar-refractivity contribution in [1.82, 2.24) is 15.3 Å². The Morgan fingerprint density at radius 3 is 2.86 bits per heavy atom. The molecule has 0 saturated carbocycles. The molecule has 5 rings (SSSR count). The standard InChI is InChI=1S/C20H14ClFN4OS/c21-18-6-12(8-28-18)11-1-3-14(15(22)5-11)19-20(27)25-10-26(19)13-2-4-16-17(7-13)24-9-23-16/h1-9,19H,10H2,(H,23,24)(H,25,27). The van der Waals surface area contributed by atoms with Gasteiger partial charge in [0.1, 0.15) is 11.9 Å². The number of aromatic amines is 1. The van der Waals surface area contributed by atoms with Gasteiger partial charge in [0, 0.05) is 16.6 Å². The normalized spacial score (nSPS) is 16.7. The number of nitrogens with zero attached hydrogens (tertiary/aromatic N) is 2. The number of anilines is 1. The molecule has 0 aliphatic carbocycles. The van der Waals surface area contributed by atoms with Crippen LogP contribution in [0.3, 0.4) is 0 Å². The first kappa shape index (κ1) is 17.2. The Balaban J connectivity index is 1.53. The number of H-pyrrole nitrogens is 1. The van der Waals surface area contributed by atoms with Crippen LogP contribution in [0.5, 0.6) is 0 Å². The smallest absolute Gasteiger partial charge is 0.248 e.